The van der Waals surface area contributed by atoms with Crippen molar-refractivity contribution in [3.05, 3.63) is 63.9 Å². The Hall–Kier alpha value is -2.21. The molecule has 6 heteroatoms. The minimum Gasteiger partial charge on any atom is -0.339 e. The average molecular weight is 445 g/mol. The summed E-state index contributed by atoms with van der Waals surface area (Å²) in [4.78, 5) is 29.2. The smallest absolute Gasteiger partial charge is 0.253 e. The Morgan fingerprint density at radius 2 is 1.71 bits per heavy atom. The number of halogens is 2. The summed E-state index contributed by atoms with van der Waals surface area (Å²) in [6, 6.07) is 12.3. The second-order valence-electron chi connectivity index (χ2n) is 7.41. The number of carbonyl (C=O) groups excluding carboxylic acids is 2. The predicted octanol–water partition coefficient (Wildman–Crippen LogP) is 4.42. The molecule has 28 heavy (non-hydrogen) atoms. The molecule has 2 heterocycles. The molecule has 2 aromatic carbocycles. The standard InChI is InChI=1S/C22H22BrFN2O2/c23-18-8-6-16(7-9-18)21(27)25-13-10-17(11-14-25)22(28)26-12-2-4-15-3-1-5-19(24)20(15)26/h1,3,5-9,17H,2,4,10-14H2. The summed E-state index contributed by atoms with van der Waals surface area (Å²) in [6.07, 6.45) is 2.88. The van der Waals surface area contributed by atoms with Crippen molar-refractivity contribution >= 4 is 33.4 Å². The lowest BCUT2D eigenvalue weighted by Gasteiger charge is -2.36. The Kier molecular flexibility index (Phi) is 5.49. The van der Waals surface area contributed by atoms with Crippen molar-refractivity contribution in [2.75, 3.05) is 24.5 Å². The normalized spacial score (nSPS) is 17.4. The Balaban J connectivity index is 1.43. The molecule has 0 bridgehead atoms. The van der Waals surface area contributed by atoms with Crippen LogP contribution in [0.3, 0.4) is 0 Å². The Morgan fingerprint density at radius 3 is 2.43 bits per heavy atom. The molecule has 0 saturated carbocycles. The van der Waals surface area contributed by atoms with Gasteiger partial charge >= 0.3 is 0 Å². The van der Waals surface area contributed by atoms with Crippen molar-refractivity contribution in [1.82, 2.24) is 4.90 Å². The number of hydrogen-bond donors (Lipinski definition) is 0. The van der Waals surface area contributed by atoms with Gasteiger partial charge in [-0.1, -0.05) is 28.1 Å². The van der Waals surface area contributed by atoms with Crippen LogP contribution in [0.1, 0.15) is 35.2 Å². The zero-order valence-corrected chi connectivity index (χ0v) is 17.1. The third-order valence-electron chi connectivity index (χ3n) is 5.66. The maximum Gasteiger partial charge on any atom is 0.253 e. The molecule has 0 spiro atoms. The largest absolute Gasteiger partial charge is 0.339 e. The van der Waals surface area contributed by atoms with E-state index >= 15 is 0 Å². The molecule has 146 valence electrons. The number of para-hydroxylation sites is 1. The number of nitrogens with zero attached hydrogens (tertiary/aromatic N) is 2. The molecular weight excluding hydrogens is 423 g/mol. The van der Waals surface area contributed by atoms with Gasteiger partial charge < -0.3 is 9.80 Å². The van der Waals surface area contributed by atoms with Crippen LogP contribution >= 0.6 is 15.9 Å². The van der Waals surface area contributed by atoms with E-state index in [1.807, 2.05) is 18.2 Å². The first-order chi connectivity index (χ1) is 13.5. The zero-order valence-electron chi connectivity index (χ0n) is 15.5. The molecule has 0 radical (unpaired) electrons. The van der Waals surface area contributed by atoms with Crippen molar-refractivity contribution < 1.29 is 14.0 Å². The number of benzene rings is 2. The van der Waals surface area contributed by atoms with Gasteiger partial charge in [-0.05, 0) is 61.6 Å². The first kappa shape index (κ1) is 19.1. The maximum absolute atomic E-state index is 14.4. The molecule has 2 aliphatic heterocycles. The van der Waals surface area contributed by atoms with E-state index in [4.69, 9.17) is 0 Å². The lowest BCUT2D eigenvalue weighted by molar-refractivity contribution is -0.123. The molecule has 1 fully saturated rings. The number of rotatable bonds is 2. The van der Waals surface area contributed by atoms with Crippen molar-refractivity contribution in [3.8, 4) is 0 Å². The molecule has 0 unspecified atom stereocenters. The summed E-state index contributed by atoms with van der Waals surface area (Å²) in [7, 11) is 0. The number of hydrogen-bond acceptors (Lipinski definition) is 2. The molecular formula is C22H22BrFN2O2. The highest BCUT2D eigenvalue weighted by Gasteiger charge is 2.33. The van der Waals surface area contributed by atoms with E-state index in [0.717, 1.165) is 22.9 Å². The van der Waals surface area contributed by atoms with E-state index in [1.54, 1.807) is 28.0 Å². The number of fused-ring (bicyclic) bond motifs is 1. The number of anilines is 1. The van der Waals surface area contributed by atoms with E-state index in [-0.39, 0.29) is 23.5 Å². The summed E-state index contributed by atoms with van der Waals surface area (Å²) in [5.41, 5.74) is 2.01. The number of aryl methyl sites for hydroxylation is 1. The fourth-order valence-electron chi connectivity index (χ4n) is 4.15. The third kappa shape index (κ3) is 3.70. The number of likely N-dealkylation sites (tertiary alicyclic amines) is 1. The van der Waals surface area contributed by atoms with Gasteiger partial charge in [0.05, 0.1) is 5.69 Å². The molecule has 4 nitrogen and oxygen atoms in total. The van der Waals surface area contributed by atoms with E-state index in [1.165, 1.54) is 6.07 Å². The summed E-state index contributed by atoms with van der Waals surface area (Å²) in [5.74, 6) is -0.512. The quantitative estimate of drug-likeness (QED) is 0.687. The van der Waals surface area contributed by atoms with E-state index in [2.05, 4.69) is 15.9 Å². The van der Waals surface area contributed by atoms with Crippen LogP contribution in [0.5, 0.6) is 0 Å². The SMILES string of the molecule is O=C(c1ccc(Br)cc1)N1CCC(C(=O)N2CCCc3cccc(F)c32)CC1. The zero-order chi connectivity index (χ0) is 19.7. The van der Waals surface area contributed by atoms with Gasteiger partial charge in [0.1, 0.15) is 5.82 Å². The fraction of sp³-hybridized carbons (Fsp3) is 0.364. The minimum atomic E-state index is -0.326. The molecule has 0 N–H and O–H groups in total. The van der Waals surface area contributed by atoms with Crippen LogP contribution in [0.25, 0.3) is 0 Å². The van der Waals surface area contributed by atoms with Gasteiger partial charge in [0.25, 0.3) is 5.91 Å². The molecule has 0 aromatic heterocycles. The molecule has 2 aliphatic rings. The van der Waals surface area contributed by atoms with Crippen LogP contribution in [0.2, 0.25) is 0 Å². The highest BCUT2D eigenvalue weighted by Crippen LogP contribution is 2.32. The van der Waals surface area contributed by atoms with Crippen LogP contribution < -0.4 is 4.90 Å². The predicted molar refractivity (Wildman–Crippen MR) is 110 cm³/mol. The van der Waals surface area contributed by atoms with Crippen molar-refractivity contribution in [1.29, 1.82) is 0 Å². The summed E-state index contributed by atoms with van der Waals surface area (Å²) in [5, 5.41) is 0. The van der Waals surface area contributed by atoms with E-state index in [0.29, 0.717) is 43.7 Å². The van der Waals surface area contributed by atoms with Crippen molar-refractivity contribution in [2.45, 2.75) is 25.7 Å². The number of amides is 2. The summed E-state index contributed by atoms with van der Waals surface area (Å²) >= 11 is 3.38. The fourth-order valence-corrected chi connectivity index (χ4v) is 4.41. The maximum atomic E-state index is 14.4. The molecule has 0 aliphatic carbocycles. The van der Waals surface area contributed by atoms with Crippen molar-refractivity contribution in [2.24, 2.45) is 5.92 Å². The Morgan fingerprint density at radius 1 is 1.00 bits per heavy atom. The van der Waals surface area contributed by atoms with Crippen LogP contribution in [0.4, 0.5) is 10.1 Å². The van der Waals surface area contributed by atoms with Gasteiger partial charge in [-0.2, -0.15) is 0 Å². The van der Waals surface area contributed by atoms with Gasteiger partial charge in [0.2, 0.25) is 5.91 Å². The second-order valence-corrected chi connectivity index (χ2v) is 8.33. The second kappa shape index (κ2) is 8.03. The Labute approximate surface area is 172 Å². The minimum absolute atomic E-state index is 0.00670. The van der Waals surface area contributed by atoms with Gasteiger partial charge in [-0.3, -0.25) is 9.59 Å². The van der Waals surface area contributed by atoms with Gasteiger partial charge in [-0.25, -0.2) is 4.39 Å². The average Bonchev–Trinajstić information content (AvgIpc) is 2.73. The molecule has 2 amide bonds. The van der Waals surface area contributed by atoms with E-state index < -0.39 is 0 Å². The molecule has 1 saturated heterocycles. The first-order valence-corrected chi connectivity index (χ1v) is 10.5. The van der Waals surface area contributed by atoms with Gasteiger partial charge in [0, 0.05) is 35.6 Å². The van der Waals surface area contributed by atoms with E-state index in [9.17, 15) is 14.0 Å². The van der Waals surface area contributed by atoms with Crippen LogP contribution in [-0.2, 0) is 11.2 Å². The van der Waals surface area contributed by atoms with Crippen LogP contribution in [0.15, 0.2) is 46.9 Å². The summed E-state index contributed by atoms with van der Waals surface area (Å²) in [6.45, 7) is 1.65. The first-order valence-electron chi connectivity index (χ1n) is 9.68. The highest BCUT2D eigenvalue weighted by atomic mass is 79.9. The van der Waals surface area contributed by atoms with Crippen molar-refractivity contribution in [3.63, 3.8) is 0 Å². The van der Waals surface area contributed by atoms with Crippen LogP contribution in [-0.4, -0.2) is 36.3 Å². The van der Waals surface area contributed by atoms with Gasteiger partial charge in [-0.15, -0.1) is 0 Å². The number of carbonyl (C=O) groups is 2. The highest BCUT2D eigenvalue weighted by molar-refractivity contribution is 9.10. The Bertz CT molecular complexity index is 892. The molecule has 4 rings (SSSR count). The number of piperidine rings is 1. The van der Waals surface area contributed by atoms with Gasteiger partial charge in [0.15, 0.2) is 0 Å². The lowest BCUT2D eigenvalue weighted by atomic mass is 9.92. The molecule has 2 aromatic rings. The molecule has 0 atom stereocenters. The monoisotopic (exact) mass is 444 g/mol. The topological polar surface area (TPSA) is 40.6 Å². The lowest BCUT2D eigenvalue weighted by Crippen LogP contribution is -2.46. The third-order valence-corrected chi connectivity index (χ3v) is 6.19. The summed E-state index contributed by atoms with van der Waals surface area (Å²) < 4.78 is 15.3. The van der Waals surface area contributed by atoms with Crippen LogP contribution in [0, 0.1) is 11.7 Å².